The zero-order valence-electron chi connectivity index (χ0n) is 15.7. The number of pyridine rings is 1. The van der Waals surface area contributed by atoms with Crippen LogP contribution in [0.4, 0.5) is 10.2 Å². The first kappa shape index (κ1) is 20.2. The highest BCUT2D eigenvalue weighted by atomic mass is 35.5. The first-order valence-electron chi connectivity index (χ1n) is 8.92. The van der Waals surface area contributed by atoms with Crippen LogP contribution in [0, 0.1) is 5.82 Å². The summed E-state index contributed by atoms with van der Waals surface area (Å²) < 4.78 is 20.9. The molecule has 0 saturated carbocycles. The minimum Gasteiger partial charge on any atom is -0.487 e. The smallest absolute Gasteiger partial charge is 0.291 e. The van der Waals surface area contributed by atoms with Gasteiger partial charge in [-0.25, -0.2) is 19.0 Å². The summed E-state index contributed by atoms with van der Waals surface area (Å²) in [5.41, 5.74) is 0.443. The molecule has 0 saturated heterocycles. The molecule has 1 aromatic carbocycles. The Balaban J connectivity index is 1.46. The highest BCUT2D eigenvalue weighted by molar-refractivity contribution is 7.80. The maximum absolute atomic E-state index is 13.8. The summed E-state index contributed by atoms with van der Waals surface area (Å²) >= 11 is 11.5. The maximum atomic E-state index is 13.8. The van der Waals surface area contributed by atoms with Crippen molar-refractivity contribution in [2.75, 3.05) is 18.6 Å². The van der Waals surface area contributed by atoms with Crippen molar-refractivity contribution in [3.63, 3.8) is 0 Å². The Morgan fingerprint density at radius 1 is 1.40 bits per heavy atom. The van der Waals surface area contributed by atoms with Gasteiger partial charge in [0.05, 0.1) is 11.6 Å². The van der Waals surface area contributed by atoms with Gasteiger partial charge >= 0.3 is 0 Å². The Morgan fingerprint density at radius 3 is 3.00 bits per heavy atom. The van der Waals surface area contributed by atoms with Crippen LogP contribution < -0.4 is 15.0 Å². The minimum absolute atomic E-state index is 0.0558. The monoisotopic (exact) mass is 446 g/mol. The lowest BCUT2D eigenvalue weighted by Gasteiger charge is -2.22. The van der Waals surface area contributed by atoms with E-state index in [0.29, 0.717) is 27.1 Å². The van der Waals surface area contributed by atoms with E-state index in [2.05, 4.69) is 20.4 Å². The number of amides is 1. The molecule has 0 radical (unpaired) electrons. The molecule has 4 rings (SSSR count). The molecule has 11 heteroatoms. The van der Waals surface area contributed by atoms with Gasteiger partial charge in [0.2, 0.25) is 5.82 Å². The normalized spacial score (nSPS) is 15.9. The summed E-state index contributed by atoms with van der Waals surface area (Å²) in [5.74, 6) is 0.0457. The number of nitrogens with one attached hydrogen (secondary N) is 1. The third-order valence-electron chi connectivity index (χ3n) is 4.49. The molecule has 0 aliphatic carbocycles. The summed E-state index contributed by atoms with van der Waals surface area (Å²) in [6.45, 7) is 0.252. The molecule has 1 atom stereocenters. The van der Waals surface area contributed by atoms with Crippen molar-refractivity contribution in [1.82, 2.24) is 25.1 Å². The van der Waals surface area contributed by atoms with Crippen LogP contribution in [0.25, 0.3) is 0 Å². The van der Waals surface area contributed by atoms with Crippen molar-refractivity contribution in [2.45, 2.75) is 12.6 Å². The average Bonchev–Trinajstić information content (AvgIpc) is 3.16. The van der Waals surface area contributed by atoms with E-state index in [1.165, 1.54) is 23.3 Å². The highest BCUT2D eigenvalue weighted by Gasteiger charge is 2.29. The van der Waals surface area contributed by atoms with E-state index in [4.69, 9.17) is 28.6 Å². The van der Waals surface area contributed by atoms with Gasteiger partial charge in [-0.3, -0.25) is 4.79 Å². The van der Waals surface area contributed by atoms with Crippen LogP contribution in [0.15, 0.2) is 42.9 Å². The number of nitrogens with zero attached hydrogens (tertiary/aromatic N) is 5. The summed E-state index contributed by atoms with van der Waals surface area (Å²) in [6, 6.07) is 7.38. The Labute approximate surface area is 181 Å². The van der Waals surface area contributed by atoms with E-state index in [9.17, 15) is 9.18 Å². The van der Waals surface area contributed by atoms with Crippen molar-refractivity contribution in [3.05, 3.63) is 65.1 Å². The van der Waals surface area contributed by atoms with E-state index < -0.39 is 11.9 Å². The molecule has 8 nitrogen and oxygen atoms in total. The second-order valence-corrected chi connectivity index (χ2v) is 7.42. The molecule has 0 fully saturated rings. The predicted molar refractivity (Wildman–Crippen MR) is 113 cm³/mol. The number of anilines is 1. The van der Waals surface area contributed by atoms with Crippen molar-refractivity contribution in [1.29, 1.82) is 0 Å². The van der Waals surface area contributed by atoms with E-state index in [-0.39, 0.29) is 24.8 Å². The molecule has 3 aromatic rings. The van der Waals surface area contributed by atoms with Gasteiger partial charge in [0.25, 0.3) is 5.91 Å². The number of fused-ring (bicyclic) bond motifs is 1. The molecule has 1 amide bonds. The number of rotatable bonds is 4. The van der Waals surface area contributed by atoms with Gasteiger partial charge in [-0.1, -0.05) is 42.0 Å². The minimum atomic E-state index is -0.607. The number of thiocarbonyl (C=S) groups is 1. The fourth-order valence-corrected chi connectivity index (χ4v) is 3.32. The van der Waals surface area contributed by atoms with Gasteiger partial charge in [0.15, 0.2) is 11.6 Å². The van der Waals surface area contributed by atoms with Crippen molar-refractivity contribution < 1.29 is 13.9 Å². The van der Waals surface area contributed by atoms with Crippen molar-refractivity contribution in [3.8, 4) is 5.75 Å². The Bertz CT molecular complexity index is 1120. The Morgan fingerprint density at radius 2 is 2.20 bits per heavy atom. The predicted octanol–water partition coefficient (Wildman–Crippen LogP) is 2.47. The molecule has 2 aromatic heterocycles. The van der Waals surface area contributed by atoms with Crippen LogP contribution in [0.3, 0.4) is 0 Å². The zero-order valence-corrected chi connectivity index (χ0v) is 17.3. The van der Waals surface area contributed by atoms with E-state index in [0.717, 1.165) is 0 Å². The van der Waals surface area contributed by atoms with Gasteiger partial charge in [-0.2, -0.15) is 0 Å². The van der Waals surface area contributed by atoms with Gasteiger partial charge in [-0.05, 0) is 6.07 Å². The van der Waals surface area contributed by atoms with E-state index in [1.807, 2.05) is 0 Å². The molecule has 0 spiro atoms. The van der Waals surface area contributed by atoms with E-state index in [1.54, 1.807) is 36.2 Å². The molecule has 0 bridgehead atoms. The summed E-state index contributed by atoms with van der Waals surface area (Å²) in [5, 5.41) is 7.33. The number of aromatic nitrogens is 4. The molecule has 30 heavy (non-hydrogen) atoms. The van der Waals surface area contributed by atoms with E-state index >= 15 is 0 Å². The molecule has 1 aliphatic rings. The second kappa shape index (κ2) is 8.33. The summed E-state index contributed by atoms with van der Waals surface area (Å²) in [7, 11) is 1.73. The van der Waals surface area contributed by atoms with Crippen LogP contribution in [0.2, 0.25) is 5.02 Å². The zero-order chi connectivity index (χ0) is 21.3. The Hall–Kier alpha value is -3.11. The van der Waals surface area contributed by atoms with Gasteiger partial charge in [0, 0.05) is 24.9 Å². The van der Waals surface area contributed by atoms with Gasteiger partial charge < -0.3 is 15.0 Å². The van der Waals surface area contributed by atoms with Crippen LogP contribution in [0.5, 0.6) is 5.75 Å². The molecule has 154 valence electrons. The van der Waals surface area contributed by atoms with Crippen LogP contribution >= 0.6 is 23.8 Å². The lowest BCUT2D eigenvalue weighted by atomic mass is 10.2. The Kier molecular flexibility index (Phi) is 5.60. The fourth-order valence-electron chi connectivity index (χ4n) is 2.96. The second-order valence-electron chi connectivity index (χ2n) is 6.57. The molecule has 1 N–H and O–H groups in total. The topological polar surface area (TPSA) is 85.2 Å². The number of carbonyl (C=O) groups excluding carboxylic acids is 1. The van der Waals surface area contributed by atoms with Crippen molar-refractivity contribution in [2.24, 2.45) is 0 Å². The quantitative estimate of drug-likeness (QED) is 0.616. The number of carbonyl (C=O) groups is 1. The fraction of sp³-hybridized carbons (Fsp3) is 0.211. The first-order valence-corrected chi connectivity index (χ1v) is 9.70. The number of benzene rings is 1. The number of hydrogen-bond acceptors (Lipinski definition) is 6. The molecular formula is C19H16ClFN6O2S. The lowest BCUT2D eigenvalue weighted by molar-refractivity contribution is 0.0927. The summed E-state index contributed by atoms with van der Waals surface area (Å²) in [6.07, 6.45) is 2.87. The number of likely N-dealkylation sites (N-methyl/N-ethyl adjacent to an activating group) is 1. The van der Waals surface area contributed by atoms with Gasteiger partial charge in [0.1, 0.15) is 29.8 Å². The first-order chi connectivity index (χ1) is 14.4. The standard InChI is InChI=1S/C19H16ClFN6O2S/c1-26-17-15(6-12(20)7-22-17)29-9-14(19(26)30)24-18(28)16-23-10-27(25-16)8-11-4-2-3-5-13(11)21/h2-7,10,14H,8-9H2,1H3,(H,24,28). The molecule has 3 heterocycles. The largest absolute Gasteiger partial charge is 0.487 e. The average molecular weight is 447 g/mol. The van der Waals surface area contributed by atoms with Crippen LogP contribution in [0.1, 0.15) is 16.2 Å². The summed E-state index contributed by atoms with van der Waals surface area (Å²) in [4.78, 5) is 23.0. The van der Waals surface area contributed by atoms with Gasteiger partial charge in [-0.15, -0.1) is 5.10 Å². The lowest BCUT2D eigenvalue weighted by Crippen LogP contribution is -2.48. The van der Waals surface area contributed by atoms with Crippen LogP contribution in [-0.2, 0) is 6.54 Å². The number of ether oxygens (including phenoxy) is 1. The third-order valence-corrected chi connectivity index (χ3v) is 5.25. The van der Waals surface area contributed by atoms with Crippen LogP contribution in [-0.4, -0.2) is 50.3 Å². The number of halogens is 2. The maximum Gasteiger partial charge on any atom is 0.291 e. The molecule has 1 unspecified atom stereocenters. The number of hydrogen-bond donors (Lipinski definition) is 1. The highest BCUT2D eigenvalue weighted by Crippen LogP contribution is 2.30. The third kappa shape index (κ3) is 4.10. The SMILES string of the molecule is CN1C(=S)C(NC(=O)c2ncn(Cc3ccccc3F)n2)COc2cc(Cl)cnc21. The molecule has 1 aliphatic heterocycles. The van der Waals surface area contributed by atoms with Crippen molar-refractivity contribution >= 4 is 40.5 Å². The molecular weight excluding hydrogens is 431 g/mol.